The first-order valence-electron chi connectivity index (χ1n) is 3.31. The van der Waals surface area contributed by atoms with Crippen molar-refractivity contribution in [2.45, 2.75) is 0 Å². The van der Waals surface area contributed by atoms with Gasteiger partial charge >= 0.3 is 70.2 Å². The number of nitrogens with zero attached hydrogens (tertiary/aromatic N) is 2. The summed E-state index contributed by atoms with van der Waals surface area (Å²) in [6.45, 7) is 0. The van der Waals surface area contributed by atoms with Crippen LogP contribution in [0.1, 0.15) is 0 Å². The maximum atomic E-state index is 4.30. The molecule has 0 aliphatic rings. The fraction of sp³-hybridized carbons (Fsp3) is 0.143. The van der Waals surface area contributed by atoms with E-state index in [2.05, 4.69) is 13.3 Å². The Kier molecular flexibility index (Phi) is 1.64. The van der Waals surface area contributed by atoms with E-state index in [9.17, 15) is 0 Å². The van der Waals surface area contributed by atoms with Gasteiger partial charge in [-0.2, -0.15) is 0 Å². The van der Waals surface area contributed by atoms with Crippen LogP contribution in [0.15, 0.2) is 18.2 Å². The SMILES string of the molecule is CNc1cccc2n[se]nc12. The zero-order valence-electron chi connectivity index (χ0n) is 6.03. The normalized spacial score (nSPS) is 10.3. The first-order chi connectivity index (χ1) is 5.42. The Balaban J connectivity index is 2.79. The van der Waals surface area contributed by atoms with Crippen molar-refractivity contribution in [2.24, 2.45) is 0 Å². The molecule has 0 saturated heterocycles. The second-order valence-electron chi connectivity index (χ2n) is 2.19. The number of fused-ring (bicyclic) bond motifs is 1. The van der Waals surface area contributed by atoms with Gasteiger partial charge in [-0.1, -0.05) is 0 Å². The number of aromatic nitrogens is 2. The molecule has 0 atom stereocenters. The molecular weight excluding hydrogens is 205 g/mol. The van der Waals surface area contributed by atoms with Crippen molar-refractivity contribution in [3.8, 4) is 0 Å². The van der Waals surface area contributed by atoms with Gasteiger partial charge in [-0.05, 0) is 0 Å². The molecule has 0 fully saturated rings. The summed E-state index contributed by atoms with van der Waals surface area (Å²) in [7, 11) is 1.90. The van der Waals surface area contributed by atoms with Gasteiger partial charge in [-0.15, -0.1) is 0 Å². The van der Waals surface area contributed by atoms with Crippen molar-refractivity contribution in [2.75, 3.05) is 12.4 Å². The Morgan fingerprint density at radius 2 is 2.27 bits per heavy atom. The molecular formula is C7H7N3Se. The van der Waals surface area contributed by atoms with Crippen LogP contribution in [0.5, 0.6) is 0 Å². The van der Waals surface area contributed by atoms with Crippen molar-refractivity contribution in [1.29, 1.82) is 0 Å². The van der Waals surface area contributed by atoms with Gasteiger partial charge in [-0.25, -0.2) is 0 Å². The summed E-state index contributed by atoms with van der Waals surface area (Å²) in [5.74, 6) is 0. The summed E-state index contributed by atoms with van der Waals surface area (Å²) in [5, 5.41) is 3.08. The molecule has 11 heavy (non-hydrogen) atoms. The van der Waals surface area contributed by atoms with Crippen molar-refractivity contribution in [3.05, 3.63) is 18.2 Å². The fourth-order valence-electron chi connectivity index (χ4n) is 1.01. The molecule has 0 bridgehead atoms. The molecule has 2 aromatic rings. The molecule has 0 amide bonds. The molecule has 3 nitrogen and oxygen atoms in total. The average Bonchev–Trinajstić information content (AvgIpc) is 2.50. The molecule has 0 aliphatic heterocycles. The maximum absolute atomic E-state index is 4.30. The predicted molar refractivity (Wildman–Crippen MR) is 46.0 cm³/mol. The van der Waals surface area contributed by atoms with E-state index in [1.165, 1.54) is 0 Å². The van der Waals surface area contributed by atoms with Crippen LogP contribution in [-0.4, -0.2) is 30.0 Å². The summed E-state index contributed by atoms with van der Waals surface area (Å²) < 4.78 is 8.57. The molecule has 0 saturated carbocycles. The number of hydrogen-bond acceptors (Lipinski definition) is 3. The van der Waals surface area contributed by atoms with E-state index >= 15 is 0 Å². The Bertz CT molecular complexity index is 368. The molecule has 1 aromatic carbocycles. The van der Waals surface area contributed by atoms with Crippen LogP contribution < -0.4 is 5.32 Å². The van der Waals surface area contributed by atoms with Crippen molar-refractivity contribution < 1.29 is 0 Å². The van der Waals surface area contributed by atoms with Gasteiger partial charge in [-0.3, -0.25) is 0 Å². The van der Waals surface area contributed by atoms with E-state index < -0.39 is 0 Å². The minimum absolute atomic E-state index is 0.0787. The van der Waals surface area contributed by atoms with Gasteiger partial charge < -0.3 is 0 Å². The number of anilines is 1. The Morgan fingerprint density at radius 1 is 1.36 bits per heavy atom. The summed E-state index contributed by atoms with van der Waals surface area (Å²) in [4.78, 5) is 0. The van der Waals surface area contributed by atoms with Crippen LogP contribution in [0.4, 0.5) is 5.69 Å². The Labute approximate surface area is 70.7 Å². The second-order valence-corrected chi connectivity index (χ2v) is 3.30. The van der Waals surface area contributed by atoms with Crippen LogP contribution in [0, 0.1) is 0 Å². The summed E-state index contributed by atoms with van der Waals surface area (Å²) >= 11 is 0.0787. The molecule has 0 aliphatic carbocycles. The fourth-order valence-corrected chi connectivity index (χ4v) is 2.16. The number of hydrogen-bond donors (Lipinski definition) is 1. The number of benzene rings is 1. The van der Waals surface area contributed by atoms with Crippen molar-refractivity contribution in [1.82, 2.24) is 7.96 Å². The average molecular weight is 212 g/mol. The van der Waals surface area contributed by atoms with Crippen LogP contribution in [0.2, 0.25) is 0 Å². The quantitative estimate of drug-likeness (QED) is 0.708. The van der Waals surface area contributed by atoms with E-state index in [-0.39, 0.29) is 15.0 Å². The second kappa shape index (κ2) is 2.64. The third-order valence-electron chi connectivity index (χ3n) is 1.56. The van der Waals surface area contributed by atoms with E-state index in [1.807, 2.05) is 25.2 Å². The molecule has 0 radical (unpaired) electrons. The standard InChI is InChI=1S/C7H7N3Se/c1-8-5-3-2-4-6-7(5)10-11-9-6/h2-4,8H,1H3. The summed E-state index contributed by atoms with van der Waals surface area (Å²) in [6.07, 6.45) is 0. The van der Waals surface area contributed by atoms with Gasteiger partial charge in [0.15, 0.2) is 0 Å². The molecule has 0 spiro atoms. The van der Waals surface area contributed by atoms with Crippen molar-refractivity contribution >= 4 is 31.7 Å². The first-order valence-corrected chi connectivity index (χ1v) is 4.84. The zero-order chi connectivity index (χ0) is 7.68. The molecule has 56 valence electrons. The Morgan fingerprint density at radius 3 is 3.09 bits per heavy atom. The number of rotatable bonds is 1. The molecule has 0 unspecified atom stereocenters. The van der Waals surface area contributed by atoms with Gasteiger partial charge in [0.2, 0.25) is 0 Å². The van der Waals surface area contributed by atoms with E-state index in [4.69, 9.17) is 0 Å². The monoisotopic (exact) mass is 213 g/mol. The predicted octanol–water partition coefficient (Wildman–Crippen LogP) is 0.728. The minimum atomic E-state index is 0.0787. The topological polar surface area (TPSA) is 37.8 Å². The van der Waals surface area contributed by atoms with Crippen molar-refractivity contribution in [3.63, 3.8) is 0 Å². The van der Waals surface area contributed by atoms with Crippen LogP contribution in [0.3, 0.4) is 0 Å². The van der Waals surface area contributed by atoms with E-state index in [0.29, 0.717) is 0 Å². The van der Waals surface area contributed by atoms with Gasteiger partial charge in [0, 0.05) is 0 Å². The molecule has 1 heterocycles. The van der Waals surface area contributed by atoms with Gasteiger partial charge in [0.05, 0.1) is 0 Å². The first kappa shape index (κ1) is 6.83. The summed E-state index contributed by atoms with van der Waals surface area (Å²) in [5.41, 5.74) is 3.12. The molecule has 1 aromatic heterocycles. The van der Waals surface area contributed by atoms with Gasteiger partial charge in [0.1, 0.15) is 0 Å². The van der Waals surface area contributed by atoms with Crippen LogP contribution >= 0.6 is 0 Å². The third kappa shape index (κ3) is 1.04. The number of nitrogens with one attached hydrogen (secondary N) is 1. The third-order valence-corrected chi connectivity index (χ3v) is 2.69. The molecule has 4 heteroatoms. The molecule has 2 rings (SSSR count). The van der Waals surface area contributed by atoms with Gasteiger partial charge in [0.25, 0.3) is 0 Å². The van der Waals surface area contributed by atoms with E-state index in [0.717, 1.165) is 16.7 Å². The van der Waals surface area contributed by atoms with Crippen LogP contribution in [-0.2, 0) is 0 Å². The van der Waals surface area contributed by atoms with Crippen LogP contribution in [0.25, 0.3) is 11.0 Å². The van der Waals surface area contributed by atoms with E-state index in [1.54, 1.807) is 0 Å². The summed E-state index contributed by atoms with van der Waals surface area (Å²) in [6, 6.07) is 6.00. The zero-order valence-corrected chi connectivity index (χ0v) is 7.75. The Hall–Kier alpha value is -0.861. The molecule has 1 N–H and O–H groups in total.